The van der Waals surface area contributed by atoms with Crippen LogP contribution >= 0.6 is 0 Å². The molecule has 0 atom stereocenters. The molecule has 0 aliphatic carbocycles. The normalized spacial score (nSPS) is 11.4. The first-order valence-corrected chi connectivity index (χ1v) is 16.3. The molecule has 9 nitrogen and oxygen atoms in total. The highest BCUT2D eigenvalue weighted by molar-refractivity contribution is 5.71. The van der Waals surface area contributed by atoms with Gasteiger partial charge in [-0.25, -0.2) is 0 Å². The second kappa shape index (κ2) is 24.2. The summed E-state index contributed by atoms with van der Waals surface area (Å²) in [6, 6.07) is 0. The number of carbonyl (C=O) groups is 2. The van der Waals surface area contributed by atoms with E-state index in [1.807, 2.05) is 0 Å². The van der Waals surface area contributed by atoms with Gasteiger partial charge in [0.15, 0.2) is 0 Å². The monoisotopic (exact) mass is 579 g/mol. The second-order valence-corrected chi connectivity index (χ2v) is 11.3. The van der Waals surface area contributed by atoms with Crippen LogP contribution in [0.5, 0.6) is 0 Å². The van der Waals surface area contributed by atoms with Gasteiger partial charge >= 0.3 is 11.9 Å². The fourth-order valence-corrected chi connectivity index (χ4v) is 5.03. The Balaban J connectivity index is 2.16. The van der Waals surface area contributed by atoms with E-state index < -0.39 is 16.8 Å². The number of anilines is 2. The lowest BCUT2D eigenvalue weighted by Crippen LogP contribution is -2.37. The highest BCUT2D eigenvalue weighted by Crippen LogP contribution is 2.12. The van der Waals surface area contributed by atoms with Crippen LogP contribution in [-0.2, 0) is 14.3 Å². The zero-order chi connectivity index (χ0) is 30.1. The van der Waals surface area contributed by atoms with Crippen LogP contribution < -0.4 is 21.9 Å². The Labute approximate surface area is 247 Å². The highest BCUT2D eigenvalue weighted by atomic mass is 16.5. The standard InChI is InChI=1S/C32H57N3O6/c1-2-3-4-5-6-13-18-26-41-28(38)21-15-10-8-12-17-24-35(23-16-11-7-9-14-20-27(36)37)25-19-22-34-30-29(33)31(39)32(30)40/h34H,2-26,33H2,1H3,(H,36,37). The third-order valence-electron chi connectivity index (χ3n) is 7.63. The number of ether oxygens (including phenoxy) is 1. The minimum atomic E-state index is -0.728. The van der Waals surface area contributed by atoms with Crippen LogP contribution in [0.25, 0.3) is 0 Å². The van der Waals surface area contributed by atoms with Crippen molar-refractivity contribution < 1.29 is 19.4 Å². The van der Waals surface area contributed by atoms with E-state index >= 15 is 0 Å². The molecule has 1 rings (SSSR count). The molecule has 9 heteroatoms. The molecule has 0 heterocycles. The third kappa shape index (κ3) is 18.6. The Hall–Kier alpha value is -2.42. The van der Waals surface area contributed by atoms with Crippen molar-refractivity contribution in [3.05, 3.63) is 20.4 Å². The maximum absolute atomic E-state index is 11.9. The average Bonchev–Trinajstić information content (AvgIpc) is 2.96. The maximum atomic E-state index is 11.9. The van der Waals surface area contributed by atoms with Crippen molar-refractivity contribution >= 4 is 23.3 Å². The summed E-state index contributed by atoms with van der Waals surface area (Å²) in [5, 5.41) is 11.8. The van der Waals surface area contributed by atoms with Gasteiger partial charge in [0.25, 0.3) is 10.9 Å². The van der Waals surface area contributed by atoms with Gasteiger partial charge in [0, 0.05) is 19.4 Å². The molecule has 0 amide bonds. The molecular formula is C32H57N3O6. The van der Waals surface area contributed by atoms with Crippen LogP contribution in [0.2, 0.25) is 0 Å². The molecule has 0 bridgehead atoms. The van der Waals surface area contributed by atoms with E-state index in [-0.39, 0.29) is 23.8 Å². The van der Waals surface area contributed by atoms with Gasteiger partial charge in [-0.3, -0.25) is 19.2 Å². The molecule has 41 heavy (non-hydrogen) atoms. The lowest BCUT2D eigenvalue weighted by molar-refractivity contribution is -0.144. The predicted octanol–water partition coefficient (Wildman–Crippen LogP) is 6.03. The summed E-state index contributed by atoms with van der Waals surface area (Å²) < 4.78 is 5.38. The molecule has 0 spiro atoms. The van der Waals surface area contributed by atoms with Crippen molar-refractivity contribution in [1.29, 1.82) is 0 Å². The van der Waals surface area contributed by atoms with E-state index in [1.54, 1.807) is 0 Å². The molecule has 0 saturated heterocycles. The molecular weight excluding hydrogens is 522 g/mol. The second-order valence-electron chi connectivity index (χ2n) is 11.3. The summed E-state index contributed by atoms with van der Waals surface area (Å²) in [5.41, 5.74) is 4.76. The molecule has 4 N–H and O–H groups in total. The number of nitrogen functional groups attached to an aromatic ring is 1. The third-order valence-corrected chi connectivity index (χ3v) is 7.63. The number of hydrogen-bond acceptors (Lipinski definition) is 8. The van der Waals surface area contributed by atoms with Crippen LogP contribution in [0.1, 0.15) is 135 Å². The first-order chi connectivity index (χ1) is 19.9. The van der Waals surface area contributed by atoms with Gasteiger partial charge in [-0.2, -0.15) is 0 Å². The Bertz CT molecular complexity index is 897. The summed E-state index contributed by atoms with van der Waals surface area (Å²) >= 11 is 0. The number of carboxylic acids is 1. The molecule has 0 aliphatic rings. The molecule has 0 aliphatic heterocycles. The Morgan fingerprint density at radius 1 is 0.707 bits per heavy atom. The van der Waals surface area contributed by atoms with Crippen molar-refractivity contribution in [2.75, 3.05) is 43.8 Å². The van der Waals surface area contributed by atoms with Crippen molar-refractivity contribution in [2.45, 2.75) is 135 Å². The number of unbranched alkanes of at least 4 members (excludes halogenated alkanes) is 14. The molecule has 0 aromatic heterocycles. The smallest absolute Gasteiger partial charge is 0.305 e. The van der Waals surface area contributed by atoms with Crippen molar-refractivity contribution in [1.82, 2.24) is 4.90 Å². The average molecular weight is 580 g/mol. The molecule has 236 valence electrons. The van der Waals surface area contributed by atoms with Crippen molar-refractivity contribution in [2.24, 2.45) is 0 Å². The Morgan fingerprint density at radius 2 is 1.22 bits per heavy atom. The molecule has 0 unspecified atom stereocenters. The molecule has 0 radical (unpaired) electrons. The summed E-state index contributed by atoms with van der Waals surface area (Å²) in [7, 11) is 0. The largest absolute Gasteiger partial charge is 0.481 e. The van der Waals surface area contributed by atoms with Crippen LogP contribution in [0.4, 0.5) is 11.4 Å². The van der Waals surface area contributed by atoms with E-state index in [4.69, 9.17) is 15.6 Å². The number of rotatable bonds is 29. The van der Waals surface area contributed by atoms with E-state index in [0.717, 1.165) is 103 Å². The SMILES string of the molecule is CCCCCCCCCOC(=O)CCCCCCCN(CCCCCCCC(=O)O)CCCNc1c(N)c(=O)c1=O. The first-order valence-electron chi connectivity index (χ1n) is 16.3. The lowest BCUT2D eigenvalue weighted by Gasteiger charge is -2.23. The van der Waals surface area contributed by atoms with Gasteiger partial charge in [-0.1, -0.05) is 84.0 Å². The van der Waals surface area contributed by atoms with Crippen LogP contribution in [0.15, 0.2) is 9.59 Å². The fourth-order valence-electron chi connectivity index (χ4n) is 5.03. The minimum Gasteiger partial charge on any atom is -0.481 e. The zero-order valence-electron chi connectivity index (χ0n) is 25.7. The van der Waals surface area contributed by atoms with E-state index in [0.29, 0.717) is 19.6 Å². The topological polar surface area (TPSA) is 139 Å². The quantitative estimate of drug-likeness (QED) is 0.0590. The summed E-state index contributed by atoms with van der Waals surface area (Å²) in [6.07, 6.45) is 20.3. The van der Waals surface area contributed by atoms with Crippen LogP contribution in [-0.4, -0.2) is 54.7 Å². The molecule has 0 fully saturated rings. The fraction of sp³-hybridized carbons (Fsp3) is 0.812. The van der Waals surface area contributed by atoms with Gasteiger partial charge in [0.2, 0.25) is 0 Å². The summed E-state index contributed by atoms with van der Waals surface area (Å²) in [4.78, 5) is 47.9. The van der Waals surface area contributed by atoms with Crippen LogP contribution in [0, 0.1) is 0 Å². The van der Waals surface area contributed by atoms with Gasteiger partial charge in [-0.05, 0) is 58.2 Å². The molecule has 1 aromatic rings. The van der Waals surface area contributed by atoms with Crippen molar-refractivity contribution in [3.63, 3.8) is 0 Å². The van der Waals surface area contributed by atoms with Gasteiger partial charge in [-0.15, -0.1) is 0 Å². The number of esters is 1. The maximum Gasteiger partial charge on any atom is 0.305 e. The number of nitrogens with zero attached hydrogens (tertiary/aromatic N) is 1. The van der Waals surface area contributed by atoms with E-state index in [1.165, 1.54) is 32.1 Å². The number of nitrogens with one attached hydrogen (secondary N) is 1. The van der Waals surface area contributed by atoms with Gasteiger partial charge in [0.1, 0.15) is 11.4 Å². The van der Waals surface area contributed by atoms with Crippen molar-refractivity contribution in [3.8, 4) is 0 Å². The van der Waals surface area contributed by atoms with Gasteiger partial charge < -0.3 is 25.8 Å². The summed E-state index contributed by atoms with van der Waals surface area (Å²) in [6.45, 7) is 6.26. The molecule has 1 aromatic carbocycles. The Kier molecular flexibility index (Phi) is 21.6. The van der Waals surface area contributed by atoms with E-state index in [2.05, 4.69) is 17.1 Å². The number of nitrogens with two attached hydrogens (primary N) is 1. The first kappa shape index (κ1) is 36.6. The lowest BCUT2D eigenvalue weighted by atomic mass is 10.1. The van der Waals surface area contributed by atoms with Gasteiger partial charge in [0.05, 0.1) is 6.61 Å². The minimum absolute atomic E-state index is 0.0381. The predicted molar refractivity (Wildman–Crippen MR) is 167 cm³/mol. The zero-order valence-corrected chi connectivity index (χ0v) is 25.7. The summed E-state index contributed by atoms with van der Waals surface area (Å²) in [5.74, 6) is -0.793. The van der Waals surface area contributed by atoms with Crippen LogP contribution in [0.3, 0.4) is 0 Å². The highest BCUT2D eigenvalue weighted by Gasteiger charge is 2.17. The number of carboxylic acid groups (broad SMARTS) is 1. The number of carbonyl (C=O) groups excluding carboxylic acids is 1. The number of hydrogen-bond donors (Lipinski definition) is 3. The van der Waals surface area contributed by atoms with E-state index in [9.17, 15) is 19.2 Å². The number of aliphatic carboxylic acids is 1. The molecule has 0 saturated carbocycles. The Morgan fingerprint density at radius 3 is 1.80 bits per heavy atom.